The molecular weight excluding hydrogens is 198 g/mol. The van der Waals surface area contributed by atoms with Crippen molar-refractivity contribution < 1.29 is 4.74 Å². The van der Waals surface area contributed by atoms with Crippen LogP contribution >= 0.6 is 0 Å². The molecule has 0 saturated heterocycles. The number of hydrogen-bond acceptors (Lipinski definition) is 2. The first kappa shape index (κ1) is 12.9. The Kier molecular flexibility index (Phi) is 5.83. The van der Waals surface area contributed by atoms with Crippen LogP contribution in [0.3, 0.4) is 0 Å². The van der Waals surface area contributed by atoms with E-state index in [1.807, 2.05) is 12.2 Å². The summed E-state index contributed by atoms with van der Waals surface area (Å²) in [6.45, 7) is 2.69. The maximum Gasteiger partial charge on any atom is 0.0546 e. The molecule has 0 amide bonds. The number of hydrogen-bond donors (Lipinski definition) is 1. The van der Waals surface area contributed by atoms with Gasteiger partial charge in [0.05, 0.1) is 6.10 Å². The molecule has 0 heterocycles. The van der Waals surface area contributed by atoms with Crippen molar-refractivity contribution >= 4 is 6.08 Å². The molecule has 0 aliphatic heterocycles. The van der Waals surface area contributed by atoms with Crippen LogP contribution in [0.2, 0.25) is 0 Å². The van der Waals surface area contributed by atoms with Gasteiger partial charge in [-0.25, -0.2) is 0 Å². The lowest BCUT2D eigenvalue weighted by Crippen LogP contribution is -2.05. The predicted octanol–water partition coefficient (Wildman–Crippen LogP) is 2.63. The average molecular weight is 219 g/mol. The lowest BCUT2D eigenvalue weighted by atomic mass is 10.1. The van der Waals surface area contributed by atoms with Crippen LogP contribution in [0.1, 0.15) is 24.5 Å². The van der Waals surface area contributed by atoms with E-state index in [2.05, 4.69) is 31.2 Å². The molecule has 1 atom stereocenters. The molecule has 1 aromatic carbocycles. The van der Waals surface area contributed by atoms with Crippen molar-refractivity contribution in [1.82, 2.24) is 0 Å². The Morgan fingerprint density at radius 1 is 1.31 bits per heavy atom. The van der Waals surface area contributed by atoms with Gasteiger partial charge in [-0.05, 0) is 30.9 Å². The van der Waals surface area contributed by atoms with Crippen LogP contribution in [0, 0.1) is 0 Å². The van der Waals surface area contributed by atoms with Gasteiger partial charge in [0.1, 0.15) is 0 Å². The van der Waals surface area contributed by atoms with Crippen molar-refractivity contribution in [2.75, 3.05) is 13.7 Å². The van der Waals surface area contributed by atoms with E-state index in [1.54, 1.807) is 7.11 Å². The van der Waals surface area contributed by atoms with Gasteiger partial charge >= 0.3 is 0 Å². The summed E-state index contributed by atoms with van der Waals surface area (Å²) >= 11 is 0. The maximum atomic E-state index is 5.40. The van der Waals surface area contributed by atoms with Crippen LogP contribution in [0.5, 0.6) is 0 Å². The number of benzene rings is 1. The minimum atomic E-state index is 0.330. The molecule has 0 bridgehead atoms. The number of ether oxygens (including phenoxy) is 1. The quantitative estimate of drug-likeness (QED) is 0.798. The lowest BCUT2D eigenvalue weighted by Gasteiger charge is -2.08. The second-order valence-electron chi connectivity index (χ2n) is 3.96. The zero-order chi connectivity index (χ0) is 11.8. The van der Waals surface area contributed by atoms with Gasteiger partial charge in [0.15, 0.2) is 0 Å². The van der Waals surface area contributed by atoms with Crippen LogP contribution in [0.4, 0.5) is 0 Å². The first-order valence-electron chi connectivity index (χ1n) is 5.74. The van der Waals surface area contributed by atoms with E-state index in [9.17, 15) is 0 Å². The molecule has 0 radical (unpaired) electrons. The molecule has 0 spiro atoms. The van der Waals surface area contributed by atoms with E-state index in [0.717, 1.165) is 12.8 Å². The third-order valence-electron chi connectivity index (χ3n) is 2.67. The van der Waals surface area contributed by atoms with Crippen LogP contribution < -0.4 is 5.73 Å². The summed E-state index contributed by atoms with van der Waals surface area (Å²) in [4.78, 5) is 0. The highest BCUT2D eigenvalue weighted by Gasteiger charge is 2.00. The Balaban J connectivity index is 2.48. The number of aryl methyl sites for hydroxylation is 1. The molecule has 1 aromatic rings. The van der Waals surface area contributed by atoms with Crippen molar-refractivity contribution in [1.29, 1.82) is 0 Å². The Morgan fingerprint density at radius 3 is 2.56 bits per heavy atom. The van der Waals surface area contributed by atoms with Crippen molar-refractivity contribution in [2.24, 2.45) is 5.73 Å². The SMILES string of the molecule is COC(C)CCc1ccc(/C=C/CN)cc1. The van der Waals surface area contributed by atoms with Gasteiger partial charge < -0.3 is 10.5 Å². The fourth-order valence-electron chi connectivity index (χ4n) is 1.49. The van der Waals surface area contributed by atoms with Crippen LogP contribution in [0.25, 0.3) is 6.08 Å². The smallest absolute Gasteiger partial charge is 0.0546 e. The van der Waals surface area contributed by atoms with Gasteiger partial charge in [0.25, 0.3) is 0 Å². The molecule has 2 nitrogen and oxygen atoms in total. The highest BCUT2D eigenvalue weighted by molar-refractivity contribution is 5.49. The average Bonchev–Trinajstić information content (AvgIpc) is 2.34. The minimum absolute atomic E-state index is 0.330. The zero-order valence-corrected chi connectivity index (χ0v) is 10.1. The summed E-state index contributed by atoms with van der Waals surface area (Å²) in [5.74, 6) is 0. The molecule has 2 heteroatoms. The van der Waals surface area contributed by atoms with Gasteiger partial charge in [-0.1, -0.05) is 36.4 Å². The first-order chi connectivity index (χ1) is 7.76. The minimum Gasteiger partial charge on any atom is -0.382 e. The first-order valence-corrected chi connectivity index (χ1v) is 5.74. The number of nitrogens with two attached hydrogens (primary N) is 1. The predicted molar refractivity (Wildman–Crippen MR) is 69.3 cm³/mol. The van der Waals surface area contributed by atoms with Gasteiger partial charge in [-0.2, -0.15) is 0 Å². The molecule has 88 valence electrons. The maximum absolute atomic E-state index is 5.40. The zero-order valence-electron chi connectivity index (χ0n) is 10.1. The largest absolute Gasteiger partial charge is 0.382 e. The molecule has 16 heavy (non-hydrogen) atoms. The van der Waals surface area contributed by atoms with E-state index in [1.165, 1.54) is 11.1 Å². The second-order valence-corrected chi connectivity index (χ2v) is 3.96. The van der Waals surface area contributed by atoms with Gasteiger partial charge in [-0.3, -0.25) is 0 Å². The van der Waals surface area contributed by atoms with Crippen molar-refractivity contribution in [3.63, 3.8) is 0 Å². The Bertz CT molecular complexity index is 316. The fourth-order valence-corrected chi connectivity index (χ4v) is 1.49. The van der Waals surface area contributed by atoms with Crippen LogP contribution in [-0.2, 0) is 11.2 Å². The van der Waals surface area contributed by atoms with E-state index >= 15 is 0 Å². The molecule has 0 aliphatic rings. The Labute approximate surface area is 98.1 Å². The van der Waals surface area contributed by atoms with E-state index < -0.39 is 0 Å². The number of rotatable bonds is 6. The third-order valence-corrected chi connectivity index (χ3v) is 2.67. The summed E-state index contributed by atoms with van der Waals surface area (Å²) in [6.07, 6.45) is 6.46. The highest BCUT2D eigenvalue weighted by atomic mass is 16.5. The third kappa shape index (κ3) is 4.60. The Hall–Kier alpha value is -1.12. The molecular formula is C14H21NO. The summed E-state index contributed by atoms with van der Waals surface area (Å²) in [5.41, 5.74) is 7.96. The monoisotopic (exact) mass is 219 g/mol. The molecule has 0 fully saturated rings. The lowest BCUT2D eigenvalue weighted by molar-refractivity contribution is 0.111. The fraction of sp³-hybridized carbons (Fsp3) is 0.429. The highest BCUT2D eigenvalue weighted by Crippen LogP contribution is 2.10. The van der Waals surface area contributed by atoms with E-state index in [0.29, 0.717) is 12.6 Å². The summed E-state index contributed by atoms with van der Waals surface area (Å²) in [6, 6.07) is 8.58. The topological polar surface area (TPSA) is 35.2 Å². The van der Waals surface area contributed by atoms with E-state index in [-0.39, 0.29) is 0 Å². The second kappa shape index (κ2) is 7.20. The van der Waals surface area contributed by atoms with Gasteiger partial charge in [-0.15, -0.1) is 0 Å². The summed E-state index contributed by atoms with van der Waals surface area (Å²) in [5, 5.41) is 0. The normalized spacial score (nSPS) is 13.2. The molecule has 1 rings (SSSR count). The molecule has 2 N–H and O–H groups in total. The summed E-state index contributed by atoms with van der Waals surface area (Å²) < 4.78 is 5.22. The van der Waals surface area contributed by atoms with Gasteiger partial charge in [0, 0.05) is 13.7 Å². The molecule has 1 unspecified atom stereocenters. The van der Waals surface area contributed by atoms with Crippen molar-refractivity contribution in [3.8, 4) is 0 Å². The standard InChI is InChI=1S/C14H21NO/c1-12(16-2)5-6-14-9-7-13(8-10-14)4-3-11-15/h3-4,7-10,12H,5-6,11,15H2,1-2H3/b4-3+. The molecule has 0 aliphatic carbocycles. The van der Waals surface area contributed by atoms with Crippen LogP contribution in [-0.4, -0.2) is 19.8 Å². The van der Waals surface area contributed by atoms with E-state index in [4.69, 9.17) is 10.5 Å². The van der Waals surface area contributed by atoms with Crippen molar-refractivity contribution in [2.45, 2.75) is 25.9 Å². The van der Waals surface area contributed by atoms with Crippen LogP contribution in [0.15, 0.2) is 30.3 Å². The van der Waals surface area contributed by atoms with Crippen molar-refractivity contribution in [3.05, 3.63) is 41.5 Å². The number of methoxy groups -OCH3 is 1. The summed E-state index contributed by atoms with van der Waals surface area (Å²) in [7, 11) is 1.76. The molecule has 0 saturated carbocycles. The molecule has 0 aromatic heterocycles. The Morgan fingerprint density at radius 2 is 2.00 bits per heavy atom. The van der Waals surface area contributed by atoms with Gasteiger partial charge in [0.2, 0.25) is 0 Å².